The molecule has 1 aromatic rings. The number of carbonyl (C=O) groups is 2. The van der Waals surface area contributed by atoms with Crippen LogP contribution >= 0.6 is 0 Å². The van der Waals surface area contributed by atoms with E-state index in [-0.39, 0.29) is 36.7 Å². The third-order valence-electron chi connectivity index (χ3n) is 5.84. The molecule has 32 heavy (non-hydrogen) atoms. The molecule has 5 atom stereocenters. The highest BCUT2D eigenvalue weighted by Crippen LogP contribution is 2.38. The van der Waals surface area contributed by atoms with E-state index < -0.39 is 12.1 Å². The highest BCUT2D eigenvalue weighted by atomic mass is 16.7. The number of ether oxygens (including phenoxy) is 1. The quantitative estimate of drug-likeness (QED) is 0.495. The number of hydrogen-bond donors (Lipinski definition) is 3. The summed E-state index contributed by atoms with van der Waals surface area (Å²) in [4.78, 5) is 32.8. The third kappa shape index (κ3) is 5.98. The lowest BCUT2D eigenvalue weighted by Gasteiger charge is -2.24. The van der Waals surface area contributed by atoms with Gasteiger partial charge >= 0.3 is 12.0 Å². The van der Waals surface area contributed by atoms with Crippen LogP contribution in [0.4, 0.5) is 10.5 Å². The van der Waals surface area contributed by atoms with Crippen LogP contribution in [0.15, 0.2) is 24.3 Å². The number of hydrogen-bond acceptors (Lipinski definition) is 7. The number of hydroxylamine groups is 2. The second-order valence-corrected chi connectivity index (χ2v) is 9.45. The van der Waals surface area contributed by atoms with E-state index in [1.807, 2.05) is 45.3 Å². The molecule has 1 aromatic carbocycles. The molecule has 9 heteroatoms. The first-order valence-corrected chi connectivity index (χ1v) is 11.2. The van der Waals surface area contributed by atoms with Gasteiger partial charge < -0.3 is 25.4 Å². The van der Waals surface area contributed by atoms with Crippen LogP contribution in [-0.2, 0) is 20.9 Å². The van der Waals surface area contributed by atoms with Crippen molar-refractivity contribution >= 4 is 17.7 Å². The summed E-state index contributed by atoms with van der Waals surface area (Å²) in [5, 5.41) is 17.2. The van der Waals surface area contributed by atoms with E-state index in [0.29, 0.717) is 18.2 Å². The summed E-state index contributed by atoms with van der Waals surface area (Å²) in [5.74, 6) is -0.0565. The van der Waals surface area contributed by atoms with Crippen LogP contribution in [-0.4, -0.2) is 78.6 Å². The summed E-state index contributed by atoms with van der Waals surface area (Å²) in [6.45, 7) is 7.03. The molecule has 2 heterocycles. The monoisotopic (exact) mass is 448 g/mol. The van der Waals surface area contributed by atoms with Gasteiger partial charge in [0.05, 0.1) is 19.1 Å². The number of carbonyl (C=O) groups excluding carboxylic acids is 2. The van der Waals surface area contributed by atoms with E-state index in [4.69, 9.17) is 9.57 Å². The number of benzene rings is 1. The van der Waals surface area contributed by atoms with Crippen LogP contribution in [0.5, 0.6) is 0 Å². The van der Waals surface area contributed by atoms with Gasteiger partial charge in [-0.3, -0.25) is 9.63 Å². The van der Waals surface area contributed by atoms with Gasteiger partial charge in [-0.1, -0.05) is 26.0 Å². The van der Waals surface area contributed by atoms with Crippen LogP contribution in [0, 0.1) is 11.8 Å². The van der Waals surface area contributed by atoms with Crippen LogP contribution in [0.25, 0.3) is 0 Å². The average molecular weight is 449 g/mol. The summed E-state index contributed by atoms with van der Waals surface area (Å²) in [6, 6.07) is 6.70. The highest BCUT2D eigenvalue weighted by molar-refractivity contribution is 5.89. The molecule has 2 fully saturated rings. The van der Waals surface area contributed by atoms with Gasteiger partial charge in [0.2, 0.25) is 0 Å². The summed E-state index contributed by atoms with van der Waals surface area (Å²) in [7, 11) is 3.98. The van der Waals surface area contributed by atoms with Gasteiger partial charge in [0.25, 0.3) is 0 Å². The van der Waals surface area contributed by atoms with Crippen molar-refractivity contribution in [3.05, 3.63) is 29.8 Å². The minimum absolute atomic E-state index is 0.0499. The average Bonchev–Trinajstić information content (AvgIpc) is 3.19. The lowest BCUT2D eigenvalue weighted by Crippen LogP contribution is -2.44. The molecular weight excluding hydrogens is 412 g/mol. The molecule has 0 bridgehead atoms. The fraction of sp³-hybridized carbons (Fsp3) is 0.652. The summed E-state index contributed by atoms with van der Waals surface area (Å²) >= 11 is 0. The summed E-state index contributed by atoms with van der Waals surface area (Å²) < 4.78 is 5.36. The Labute approximate surface area is 190 Å². The van der Waals surface area contributed by atoms with E-state index in [0.717, 1.165) is 18.5 Å². The first kappa shape index (κ1) is 24.4. The minimum Gasteiger partial charge on any atom is -0.461 e. The Balaban J connectivity index is 1.63. The highest BCUT2D eigenvalue weighted by Gasteiger charge is 2.56. The standard InChI is InChI=1S/C23H36N4O5/c1-14(2)9-18(12-26(4)5)25-23(30)24-17-8-6-7-16(10-17)11-27-21-20(19(13-28)32-27)15(3)31-22(21)29/h6-8,10,14-15,18-21,28H,9,11-13H2,1-5H3,(H2,24,25,30)/t15-,18+,19?,20+,21-/m0/s1. The van der Waals surface area contributed by atoms with E-state index in [1.165, 1.54) is 0 Å². The van der Waals surface area contributed by atoms with Gasteiger partial charge in [-0.2, -0.15) is 5.06 Å². The van der Waals surface area contributed by atoms with Crippen molar-refractivity contribution in [1.82, 2.24) is 15.3 Å². The number of likely N-dealkylation sites (N-methyl/N-ethyl adjacent to an activating group) is 1. The Morgan fingerprint density at radius 2 is 2.06 bits per heavy atom. The van der Waals surface area contributed by atoms with E-state index in [2.05, 4.69) is 29.4 Å². The Kier molecular flexibility index (Phi) is 8.10. The van der Waals surface area contributed by atoms with Crippen molar-refractivity contribution in [2.24, 2.45) is 11.8 Å². The van der Waals surface area contributed by atoms with Gasteiger partial charge in [-0.05, 0) is 51.1 Å². The van der Waals surface area contributed by atoms with Crippen molar-refractivity contribution < 1.29 is 24.3 Å². The fourth-order valence-electron chi connectivity index (χ4n) is 4.63. The molecule has 3 rings (SSSR count). The smallest absolute Gasteiger partial charge is 0.326 e. The van der Waals surface area contributed by atoms with Crippen molar-refractivity contribution in [1.29, 1.82) is 0 Å². The maximum absolute atomic E-state index is 12.6. The predicted molar refractivity (Wildman–Crippen MR) is 121 cm³/mol. The molecule has 0 spiro atoms. The number of aliphatic hydroxyl groups excluding tert-OH is 1. The fourth-order valence-corrected chi connectivity index (χ4v) is 4.63. The zero-order chi connectivity index (χ0) is 23.4. The molecular formula is C23H36N4O5. The predicted octanol–water partition coefficient (Wildman–Crippen LogP) is 1.82. The number of anilines is 1. The number of nitrogens with zero attached hydrogens (tertiary/aromatic N) is 2. The molecule has 0 radical (unpaired) electrons. The van der Waals surface area contributed by atoms with Gasteiger partial charge in [0.15, 0.2) is 0 Å². The van der Waals surface area contributed by atoms with Crippen molar-refractivity contribution in [3.8, 4) is 0 Å². The molecule has 178 valence electrons. The van der Waals surface area contributed by atoms with Crippen LogP contribution in [0.2, 0.25) is 0 Å². The van der Waals surface area contributed by atoms with Gasteiger partial charge in [-0.15, -0.1) is 0 Å². The number of urea groups is 1. The zero-order valence-electron chi connectivity index (χ0n) is 19.6. The van der Waals surface area contributed by atoms with Gasteiger partial charge in [-0.25, -0.2) is 4.79 Å². The number of esters is 1. The maximum Gasteiger partial charge on any atom is 0.326 e. The van der Waals surface area contributed by atoms with E-state index in [9.17, 15) is 14.7 Å². The molecule has 1 unspecified atom stereocenters. The summed E-state index contributed by atoms with van der Waals surface area (Å²) in [5.41, 5.74) is 1.53. The molecule has 3 N–H and O–H groups in total. The Morgan fingerprint density at radius 1 is 1.31 bits per heavy atom. The summed E-state index contributed by atoms with van der Waals surface area (Å²) in [6.07, 6.45) is 0.122. The molecule has 2 aliphatic heterocycles. The zero-order valence-corrected chi connectivity index (χ0v) is 19.6. The third-order valence-corrected chi connectivity index (χ3v) is 5.84. The molecule has 9 nitrogen and oxygen atoms in total. The number of fused-ring (bicyclic) bond motifs is 1. The number of cyclic esters (lactones) is 1. The molecule has 2 saturated heterocycles. The molecule has 0 aliphatic carbocycles. The Bertz CT molecular complexity index is 792. The topological polar surface area (TPSA) is 103 Å². The van der Waals surface area contributed by atoms with Gasteiger partial charge in [0.1, 0.15) is 18.2 Å². The lowest BCUT2D eigenvalue weighted by atomic mass is 9.93. The largest absolute Gasteiger partial charge is 0.461 e. The molecule has 0 aromatic heterocycles. The second kappa shape index (κ2) is 10.6. The first-order chi connectivity index (χ1) is 15.2. The lowest BCUT2D eigenvalue weighted by molar-refractivity contribution is -0.195. The van der Waals surface area contributed by atoms with Crippen molar-refractivity contribution in [3.63, 3.8) is 0 Å². The number of nitrogens with one attached hydrogen (secondary N) is 2. The van der Waals surface area contributed by atoms with Crippen LogP contribution in [0.3, 0.4) is 0 Å². The Hall–Kier alpha value is -2.20. The van der Waals surface area contributed by atoms with Crippen LogP contribution < -0.4 is 10.6 Å². The number of amides is 2. The van der Waals surface area contributed by atoms with E-state index >= 15 is 0 Å². The molecule has 0 saturated carbocycles. The van der Waals surface area contributed by atoms with E-state index in [1.54, 1.807) is 5.06 Å². The SMILES string of the molecule is CC(C)C[C@H](CN(C)C)NC(=O)Nc1cccc(CN2OC(CO)[C@H]3[C@H](C)OC(=O)[C@H]32)c1. The van der Waals surface area contributed by atoms with Gasteiger partial charge in [0, 0.05) is 18.3 Å². The number of rotatable bonds is 9. The van der Waals surface area contributed by atoms with Crippen molar-refractivity contribution in [2.45, 2.75) is 58.0 Å². The maximum atomic E-state index is 12.6. The normalized spacial score (nSPS) is 26.3. The number of aliphatic hydroxyl groups is 1. The Morgan fingerprint density at radius 3 is 2.72 bits per heavy atom. The molecule has 2 amide bonds. The minimum atomic E-state index is -0.537. The second-order valence-electron chi connectivity index (χ2n) is 9.45. The molecule has 2 aliphatic rings. The van der Waals surface area contributed by atoms with Crippen molar-refractivity contribution in [2.75, 3.05) is 32.6 Å². The van der Waals surface area contributed by atoms with Crippen LogP contribution in [0.1, 0.15) is 32.8 Å². The first-order valence-electron chi connectivity index (χ1n) is 11.2.